The summed E-state index contributed by atoms with van der Waals surface area (Å²) < 4.78 is 0. The molecule has 0 aromatic carbocycles. The number of nitrogens with one attached hydrogen (secondary N) is 1. The third kappa shape index (κ3) is 7.12. The molecule has 0 fully saturated rings. The van der Waals surface area contributed by atoms with Crippen LogP contribution in [0.1, 0.15) is 20.8 Å². The Morgan fingerprint density at radius 1 is 1.64 bits per heavy atom. The number of rotatable bonds is 3. The number of nitrogens with two attached hydrogens (primary N) is 1. The predicted octanol–water partition coefficient (Wildman–Crippen LogP) is -0.318. The van der Waals surface area contributed by atoms with Crippen LogP contribution < -0.4 is 11.1 Å². The van der Waals surface area contributed by atoms with Crippen LogP contribution in [0.2, 0.25) is 0 Å². The highest BCUT2D eigenvalue weighted by Crippen LogP contribution is 1.99. The van der Waals surface area contributed by atoms with Crippen LogP contribution in [0.25, 0.3) is 0 Å². The van der Waals surface area contributed by atoms with Crippen molar-refractivity contribution >= 4 is 5.96 Å². The first-order valence-electron chi connectivity index (χ1n) is 3.72. The fraction of sp³-hybridized carbons (Fsp3) is 0.857. The average molecular weight is 159 g/mol. The molecule has 0 aliphatic heterocycles. The fourth-order valence-corrected chi connectivity index (χ4v) is 0.516. The van der Waals surface area contributed by atoms with E-state index in [1.54, 1.807) is 13.8 Å². The number of aliphatic imine (C=N–C) groups is 1. The van der Waals surface area contributed by atoms with Gasteiger partial charge in [0.1, 0.15) is 0 Å². The summed E-state index contributed by atoms with van der Waals surface area (Å²) in [6.07, 6.45) is 0. The van der Waals surface area contributed by atoms with Crippen LogP contribution in [-0.2, 0) is 0 Å². The van der Waals surface area contributed by atoms with Crippen molar-refractivity contribution in [2.45, 2.75) is 26.4 Å². The second-order valence-corrected chi connectivity index (χ2v) is 3.04. The highest BCUT2D eigenvalue weighted by molar-refractivity contribution is 5.77. The summed E-state index contributed by atoms with van der Waals surface area (Å²) in [5, 5.41) is 12.1. The maximum absolute atomic E-state index is 9.24. The third-order valence-electron chi connectivity index (χ3n) is 0.994. The molecule has 4 N–H and O–H groups in total. The fourth-order valence-electron chi connectivity index (χ4n) is 0.516. The second kappa shape index (κ2) is 4.18. The van der Waals surface area contributed by atoms with Crippen molar-refractivity contribution in [2.24, 2.45) is 10.7 Å². The first-order valence-corrected chi connectivity index (χ1v) is 3.72. The minimum atomic E-state index is -0.778. The van der Waals surface area contributed by atoms with Crippen LogP contribution in [0.15, 0.2) is 4.99 Å². The summed E-state index contributed by atoms with van der Waals surface area (Å²) in [5.74, 6) is 0.384. The molecule has 0 bridgehead atoms. The zero-order valence-electron chi connectivity index (χ0n) is 7.39. The van der Waals surface area contributed by atoms with Gasteiger partial charge in [0.05, 0.1) is 12.1 Å². The Balaban J connectivity index is 3.73. The molecule has 0 aromatic rings. The Kier molecular flexibility index (Phi) is 3.89. The molecule has 0 amide bonds. The lowest BCUT2D eigenvalue weighted by Gasteiger charge is -2.13. The van der Waals surface area contributed by atoms with Gasteiger partial charge < -0.3 is 16.2 Å². The van der Waals surface area contributed by atoms with Crippen LogP contribution >= 0.6 is 0 Å². The summed E-state index contributed by atoms with van der Waals surface area (Å²) in [5.41, 5.74) is 4.64. The molecule has 0 saturated carbocycles. The monoisotopic (exact) mass is 159 g/mol. The first-order chi connectivity index (χ1) is 4.95. The minimum Gasteiger partial charge on any atom is -0.389 e. The standard InChI is InChI=1S/C7H17N3O/c1-4-9-6(8)10-5-7(2,3)11/h11H,4-5H2,1-3H3,(H3,8,9,10). The van der Waals surface area contributed by atoms with Gasteiger partial charge in [-0.25, -0.2) is 0 Å². The largest absolute Gasteiger partial charge is 0.389 e. The van der Waals surface area contributed by atoms with Gasteiger partial charge in [0.15, 0.2) is 5.96 Å². The molecule has 4 heteroatoms. The van der Waals surface area contributed by atoms with E-state index in [0.717, 1.165) is 6.54 Å². The lowest BCUT2D eigenvalue weighted by Crippen LogP contribution is -2.34. The van der Waals surface area contributed by atoms with Gasteiger partial charge >= 0.3 is 0 Å². The van der Waals surface area contributed by atoms with E-state index in [4.69, 9.17) is 5.73 Å². The summed E-state index contributed by atoms with van der Waals surface area (Å²) in [7, 11) is 0. The molecule has 0 aromatic heterocycles. The van der Waals surface area contributed by atoms with Crippen LogP contribution in [0.5, 0.6) is 0 Å². The predicted molar refractivity (Wildman–Crippen MR) is 46.5 cm³/mol. The van der Waals surface area contributed by atoms with Gasteiger partial charge in [0.2, 0.25) is 0 Å². The van der Waals surface area contributed by atoms with Gasteiger partial charge in [0, 0.05) is 6.54 Å². The lowest BCUT2D eigenvalue weighted by atomic mass is 10.1. The van der Waals surface area contributed by atoms with Gasteiger partial charge in [-0.05, 0) is 20.8 Å². The highest BCUT2D eigenvalue weighted by atomic mass is 16.3. The molecule has 0 unspecified atom stereocenters. The number of hydrogen-bond acceptors (Lipinski definition) is 2. The molecule has 0 radical (unpaired) electrons. The number of guanidine groups is 1. The highest BCUT2D eigenvalue weighted by Gasteiger charge is 2.10. The van der Waals surface area contributed by atoms with Gasteiger partial charge in [-0.15, -0.1) is 0 Å². The maximum atomic E-state index is 9.24. The zero-order chi connectivity index (χ0) is 8.91. The van der Waals surface area contributed by atoms with Crippen molar-refractivity contribution in [3.63, 3.8) is 0 Å². The third-order valence-corrected chi connectivity index (χ3v) is 0.994. The molecule has 0 atom stereocenters. The van der Waals surface area contributed by atoms with Crippen molar-refractivity contribution in [1.82, 2.24) is 5.32 Å². The van der Waals surface area contributed by atoms with Crippen LogP contribution in [-0.4, -0.2) is 29.8 Å². The van der Waals surface area contributed by atoms with E-state index in [0.29, 0.717) is 12.5 Å². The summed E-state index contributed by atoms with van der Waals surface area (Å²) in [4.78, 5) is 3.92. The Morgan fingerprint density at radius 3 is 2.55 bits per heavy atom. The maximum Gasteiger partial charge on any atom is 0.188 e. The molecule has 0 spiro atoms. The molecule has 0 aliphatic rings. The molecular weight excluding hydrogens is 142 g/mol. The number of nitrogens with zero attached hydrogens (tertiary/aromatic N) is 1. The van der Waals surface area contributed by atoms with Crippen molar-refractivity contribution in [3.05, 3.63) is 0 Å². The van der Waals surface area contributed by atoms with E-state index in [-0.39, 0.29) is 0 Å². The molecule has 4 nitrogen and oxygen atoms in total. The summed E-state index contributed by atoms with van der Waals surface area (Å²) >= 11 is 0. The molecular formula is C7H17N3O. The number of aliphatic hydroxyl groups is 1. The molecule has 0 rings (SSSR count). The molecule has 66 valence electrons. The Bertz CT molecular complexity index is 137. The Morgan fingerprint density at radius 2 is 2.18 bits per heavy atom. The van der Waals surface area contributed by atoms with Crippen molar-refractivity contribution in [3.8, 4) is 0 Å². The van der Waals surface area contributed by atoms with Gasteiger partial charge in [-0.3, -0.25) is 4.99 Å². The molecule has 0 saturated heterocycles. The Hall–Kier alpha value is -0.770. The van der Waals surface area contributed by atoms with E-state index in [9.17, 15) is 5.11 Å². The SMILES string of the molecule is CCNC(N)=NCC(C)(C)O. The quantitative estimate of drug-likeness (QED) is 0.390. The normalized spacial score (nSPS) is 13.3. The summed E-state index contributed by atoms with van der Waals surface area (Å²) in [6, 6.07) is 0. The first kappa shape index (κ1) is 10.2. The van der Waals surface area contributed by atoms with E-state index >= 15 is 0 Å². The molecule has 0 aliphatic carbocycles. The van der Waals surface area contributed by atoms with Gasteiger partial charge in [-0.1, -0.05) is 0 Å². The average Bonchev–Trinajstić information content (AvgIpc) is 1.83. The zero-order valence-corrected chi connectivity index (χ0v) is 7.39. The van der Waals surface area contributed by atoms with Crippen molar-refractivity contribution in [1.29, 1.82) is 0 Å². The van der Waals surface area contributed by atoms with Crippen molar-refractivity contribution < 1.29 is 5.11 Å². The Labute approximate surface area is 67.5 Å². The lowest BCUT2D eigenvalue weighted by molar-refractivity contribution is 0.0903. The van der Waals surface area contributed by atoms with E-state index in [2.05, 4.69) is 10.3 Å². The smallest absolute Gasteiger partial charge is 0.188 e. The van der Waals surface area contributed by atoms with Gasteiger partial charge in [-0.2, -0.15) is 0 Å². The van der Waals surface area contributed by atoms with E-state index < -0.39 is 5.60 Å². The van der Waals surface area contributed by atoms with Gasteiger partial charge in [0.25, 0.3) is 0 Å². The molecule has 11 heavy (non-hydrogen) atoms. The number of hydrogen-bond donors (Lipinski definition) is 3. The van der Waals surface area contributed by atoms with E-state index in [1.165, 1.54) is 0 Å². The van der Waals surface area contributed by atoms with Crippen LogP contribution in [0, 0.1) is 0 Å². The summed E-state index contributed by atoms with van der Waals surface area (Å²) in [6.45, 7) is 6.39. The molecule has 0 heterocycles. The van der Waals surface area contributed by atoms with Crippen LogP contribution in [0.4, 0.5) is 0 Å². The minimum absolute atomic E-state index is 0.325. The van der Waals surface area contributed by atoms with Crippen LogP contribution in [0.3, 0.4) is 0 Å². The topological polar surface area (TPSA) is 70.6 Å². The van der Waals surface area contributed by atoms with E-state index in [1.807, 2.05) is 6.92 Å². The second-order valence-electron chi connectivity index (χ2n) is 3.04. The van der Waals surface area contributed by atoms with Crippen molar-refractivity contribution in [2.75, 3.05) is 13.1 Å².